The fourth-order valence-corrected chi connectivity index (χ4v) is 5.19. The molecule has 5 rings (SSSR count). The molecule has 1 amide bonds. The van der Waals surface area contributed by atoms with Crippen molar-refractivity contribution in [3.63, 3.8) is 0 Å². The van der Waals surface area contributed by atoms with Crippen LogP contribution in [0.25, 0.3) is 10.9 Å². The van der Waals surface area contributed by atoms with E-state index in [9.17, 15) is 9.18 Å². The number of fused-ring (bicyclic) bond motifs is 1. The van der Waals surface area contributed by atoms with E-state index in [1.54, 1.807) is 20.3 Å². The van der Waals surface area contributed by atoms with E-state index >= 15 is 0 Å². The molecule has 0 unspecified atom stereocenters. The van der Waals surface area contributed by atoms with Gasteiger partial charge in [0.2, 0.25) is 0 Å². The zero-order valence-electron chi connectivity index (χ0n) is 23.7. The highest BCUT2D eigenvalue weighted by Gasteiger charge is 2.21. The minimum Gasteiger partial charge on any atom is -0.382 e. The number of amides is 1. The molecular weight excluding hydrogens is 523 g/mol. The lowest BCUT2D eigenvalue weighted by Gasteiger charge is -2.34. The summed E-state index contributed by atoms with van der Waals surface area (Å²) in [5.74, 6) is -0.110. The van der Waals surface area contributed by atoms with Gasteiger partial charge < -0.3 is 29.9 Å². The van der Waals surface area contributed by atoms with Crippen LogP contribution in [0, 0.1) is 5.82 Å². The van der Waals surface area contributed by atoms with Gasteiger partial charge in [-0.15, -0.1) is 0 Å². The first-order chi connectivity index (χ1) is 19.9. The topological polar surface area (TPSA) is 94.8 Å². The van der Waals surface area contributed by atoms with Gasteiger partial charge in [0.25, 0.3) is 5.91 Å². The minimum atomic E-state index is -0.282. The SMILES string of the molecule is COCC(COC)Nc1cc(N2CCN(C)CC2)ccc1C(=O)Nc1n[nH]c2ccc(Cc3cccc(F)c3)cc12. The molecule has 0 spiro atoms. The average molecular weight is 561 g/mol. The largest absolute Gasteiger partial charge is 0.382 e. The number of likely N-dealkylation sites (N-methyl/N-ethyl adjacent to an activating group) is 1. The molecule has 41 heavy (non-hydrogen) atoms. The van der Waals surface area contributed by atoms with Gasteiger partial charge >= 0.3 is 0 Å². The smallest absolute Gasteiger partial charge is 0.258 e. The molecule has 1 aromatic heterocycles. The molecule has 0 bridgehead atoms. The molecule has 3 aromatic carbocycles. The maximum atomic E-state index is 13.7. The second-order valence-corrected chi connectivity index (χ2v) is 10.5. The molecule has 2 heterocycles. The lowest BCUT2D eigenvalue weighted by atomic mass is 10.0. The number of anilines is 3. The maximum absolute atomic E-state index is 13.7. The standard InChI is InChI=1S/C31H37FN6O3/c1-37-11-13-38(14-12-37)25-8-9-26(29(18-25)33-24(19-40-2)20-41-3)31(39)34-30-27-17-22(7-10-28(27)35-36-30)15-21-5-4-6-23(32)16-21/h4-10,16-18,24,33H,11-15,19-20H2,1-3H3,(H2,34,35,36,39). The molecule has 1 fully saturated rings. The van der Waals surface area contributed by atoms with Crippen LogP contribution in [0.15, 0.2) is 60.7 Å². The summed E-state index contributed by atoms with van der Waals surface area (Å²) in [5, 5.41) is 14.6. The van der Waals surface area contributed by atoms with E-state index in [-0.39, 0.29) is 17.8 Å². The molecular formula is C31H37FN6O3. The van der Waals surface area contributed by atoms with Crippen molar-refractivity contribution in [2.45, 2.75) is 12.5 Å². The van der Waals surface area contributed by atoms with Crippen LogP contribution in [0.3, 0.4) is 0 Å². The van der Waals surface area contributed by atoms with Crippen molar-refractivity contribution in [2.75, 3.05) is 76.2 Å². The summed E-state index contributed by atoms with van der Waals surface area (Å²) >= 11 is 0. The van der Waals surface area contributed by atoms with Crippen LogP contribution in [0.5, 0.6) is 0 Å². The first-order valence-corrected chi connectivity index (χ1v) is 13.8. The highest BCUT2D eigenvalue weighted by molar-refractivity contribution is 6.11. The molecule has 216 valence electrons. The fraction of sp³-hybridized carbons (Fsp3) is 0.355. The number of aromatic amines is 1. The van der Waals surface area contributed by atoms with E-state index < -0.39 is 0 Å². The number of halogens is 1. The molecule has 0 radical (unpaired) electrons. The Balaban J connectivity index is 1.41. The van der Waals surface area contributed by atoms with Crippen LogP contribution in [0.4, 0.5) is 21.6 Å². The third-order valence-corrected chi connectivity index (χ3v) is 7.37. The van der Waals surface area contributed by atoms with Gasteiger partial charge in [-0.3, -0.25) is 9.89 Å². The third kappa shape index (κ3) is 7.02. The number of carbonyl (C=O) groups excluding carboxylic acids is 1. The van der Waals surface area contributed by atoms with Gasteiger partial charge in [-0.05, 0) is 67.1 Å². The van der Waals surface area contributed by atoms with Crippen molar-refractivity contribution in [2.24, 2.45) is 0 Å². The number of H-pyrrole nitrogens is 1. The Hall–Kier alpha value is -3.99. The molecule has 10 heteroatoms. The van der Waals surface area contributed by atoms with Crippen molar-refractivity contribution < 1.29 is 18.7 Å². The summed E-state index contributed by atoms with van der Waals surface area (Å²) < 4.78 is 24.5. The lowest BCUT2D eigenvalue weighted by Crippen LogP contribution is -2.44. The van der Waals surface area contributed by atoms with E-state index in [1.807, 2.05) is 42.5 Å². The number of rotatable bonds is 11. The molecule has 4 aromatic rings. The first kappa shape index (κ1) is 28.5. The Morgan fingerprint density at radius 2 is 1.76 bits per heavy atom. The summed E-state index contributed by atoms with van der Waals surface area (Å²) in [6, 6.07) is 18.2. The van der Waals surface area contributed by atoms with Crippen molar-refractivity contribution in [1.29, 1.82) is 0 Å². The number of hydrogen-bond acceptors (Lipinski definition) is 7. The average Bonchev–Trinajstić information content (AvgIpc) is 3.35. The molecule has 1 saturated heterocycles. The normalized spacial score (nSPS) is 14.1. The van der Waals surface area contributed by atoms with Crippen LogP contribution >= 0.6 is 0 Å². The lowest BCUT2D eigenvalue weighted by molar-refractivity contribution is 0.102. The number of carbonyl (C=O) groups is 1. The van der Waals surface area contributed by atoms with Gasteiger partial charge in [0.1, 0.15) is 5.82 Å². The molecule has 0 atom stereocenters. The predicted molar refractivity (Wildman–Crippen MR) is 161 cm³/mol. The number of piperazine rings is 1. The van der Waals surface area contributed by atoms with Crippen molar-refractivity contribution in [1.82, 2.24) is 15.1 Å². The minimum absolute atomic E-state index is 0.143. The van der Waals surface area contributed by atoms with Crippen molar-refractivity contribution >= 4 is 34.0 Å². The fourth-order valence-electron chi connectivity index (χ4n) is 5.19. The molecule has 0 aliphatic carbocycles. The Bertz CT molecular complexity index is 1480. The van der Waals surface area contributed by atoms with Gasteiger partial charge in [0.15, 0.2) is 5.82 Å². The Morgan fingerprint density at radius 3 is 2.49 bits per heavy atom. The number of benzene rings is 3. The molecule has 0 saturated carbocycles. The van der Waals surface area contributed by atoms with E-state index in [0.717, 1.165) is 53.9 Å². The number of nitrogens with one attached hydrogen (secondary N) is 3. The summed E-state index contributed by atoms with van der Waals surface area (Å²) in [7, 11) is 5.41. The highest BCUT2D eigenvalue weighted by atomic mass is 19.1. The number of nitrogens with zero attached hydrogens (tertiary/aromatic N) is 3. The van der Waals surface area contributed by atoms with Crippen molar-refractivity contribution in [3.05, 3.63) is 83.2 Å². The molecule has 9 nitrogen and oxygen atoms in total. The van der Waals surface area contributed by atoms with E-state index in [1.165, 1.54) is 12.1 Å². The first-order valence-electron chi connectivity index (χ1n) is 13.8. The van der Waals surface area contributed by atoms with Crippen LogP contribution < -0.4 is 15.5 Å². The van der Waals surface area contributed by atoms with Crippen LogP contribution in [0.1, 0.15) is 21.5 Å². The predicted octanol–water partition coefficient (Wildman–Crippen LogP) is 4.37. The zero-order chi connectivity index (χ0) is 28.8. The molecule has 1 aliphatic heterocycles. The third-order valence-electron chi connectivity index (χ3n) is 7.37. The van der Waals surface area contributed by atoms with Gasteiger partial charge in [-0.25, -0.2) is 4.39 Å². The second kappa shape index (κ2) is 13.1. The van der Waals surface area contributed by atoms with Crippen LogP contribution in [-0.2, 0) is 15.9 Å². The summed E-state index contributed by atoms with van der Waals surface area (Å²) in [6.07, 6.45) is 0.564. The van der Waals surface area contributed by atoms with Crippen LogP contribution in [-0.4, -0.2) is 87.7 Å². The number of hydrogen-bond donors (Lipinski definition) is 3. The Kier molecular flexibility index (Phi) is 9.13. The van der Waals surface area contributed by atoms with Gasteiger partial charge in [-0.2, -0.15) is 5.10 Å². The zero-order valence-corrected chi connectivity index (χ0v) is 23.7. The molecule has 1 aliphatic rings. The monoisotopic (exact) mass is 560 g/mol. The van der Waals surface area contributed by atoms with Gasteiger partial charge in [0.05, 0.1) is 30.3 Å². The number of aromatic nitrogens is 2. The van der Waals surface area contributed by atoms with Gasteiger partial charge in [-0.1, -0.05) is 18.2 Å². The highest BCUT2D eigenvalue weighted by Crippen LogP contribution is 2.28. The van der Waals surface area contributed by atoms with Crippen molar-refractivity contribution in [3.8, 4) is 0 Å². The molecule has 3 N–H and O–H groups in total. The quantitative estimate of drug-likeness (QED) is 0.251. The Morgan fingerprint density at radius 1 is 1.00 bits per heavy atom. The summed E-state index contributed by atoms with van der Waals surface area (Å²) in [5.41, 5.74) is 4.90. The van der Waals surface area contributed by atoms with E-state index in [2.05, 4.69) is 37.7 Å². The number of ether oxygens (including phenoxy) is 2. The summed E-state index contributed by atoms with van der Waals surface area (Å²) in [6.45, 7) is 4.64. The van der Waals surface area contributed by atoms with Crippen LogP contribution in [0.2, 0.25) is 0 Å². The maximum Gasteiger partial charge on any atom is 0.258 e. The van der Waals surface area contributed by atoms with E-state index in [0.29, 0.717) is 36.7 Å². The number of methoxy groups -OCH3 is 2. The van der Waals surface area contributed by atoms with Gasteiger partial charge in [0, 0.05) is 57.2 Å². The van der Waals surface area contributed by atoms with E-state index in [4.69, 9.17) is 9.47 Å². The summed E-state index contributed by atoms with van der Waals surface area (Å²) in [4.78, 5) is 18.3. The Labute approximate surface area is 239 Å². The second-order valence-electron chi connectivity index (χ2n) is 10.5.